The average Bonchev–Trinajstić information content (AvgIpc) is 3.06. The van der Waals surface area contributed by atoms with Crippen LogP contribution in [0.3, 0.4) is 0 Å². The molecule has 0 aliphatic carbocycles. The quantitative estimate of drug-likeness (QED) is 0.680. The zero-order valence-electron chi connectivity index (χ0n) is 9.67. The summed E-state index contributed by atoms with van der Waals surface area (Å²) in [5.41, 5.74) is 1.13. The van der Waals surface area contributed by atoms with Crippen molar-refractivity contribution in [3.05, 3.63) is 58.6 Å². The Bertz CT molecular complexity index is 771. The fourth-order valence-corrected chi connectivity index (χ4v) is 2.63. The lowest BCUT2D eigenvalue weighted by atomic mass is 10.2. The minimum Gasteiger partial charge on any atom is -0.459 e. The van der Waals surface area contributed by atoms with Crippen molar-refractivity contribution in [2.45, 2.75) is 0 Å². The number of fused-ring (bicyclic) bond motifs is 1. The lowest BCUT2D eigenvalue weighted by molar-refractivity contribution is 0.0937. The van der Waals surface area contributed by atoms with Gasteiger partial charge in [0.2, 0.25) is 0 Å². The van der Waals surface area contributed by atoms with Crippen LogP contribution in [0.5, 0.6) is 0 Å². The van der Waals surface area contributed by atoms with Crippen molar-refractivity contribution in [1.29, 1.82) is 0 Å². The predicted octanol–water partition coefficient (Wildman–Crippen LogP) is 3.50. The number of benzene rings is 1. The minimum absolute atomic E-state index is 0.231. The van der Waals surface area contributed by atoms with Crippen LogP contribution in [-0.2, 0) is 0 Å². The summed E-state index contributed by atoms with van der Waals surface area (Å²) >= 11 is 3.39. The van der Waals surface area contributed by atoms with Gasteiger partial charge in [-0.15, -0.1) is 0 Å². The van der Waals surface area contributed by atoms with Gasteiger partial charge in [-0.05, 0) is 24.3 Å². The average molecular weight is 318 g/mol. The first-order valence-electron chi connectivity index (χ1n) is 5.55. The van der Waals surface area contributed by atoms with Crippen molar-refractivity contribution in [3.8, 4) is 0 Å². The van der Waals surface area contributed by atoms with E-state index in [4.69, 9.17) is 4.42 Å². The summed E-state index contributed by atoms with van der Waals surface area (Å²) in [7, 11) is 0. The highest BCUT2D eigenvalue weighted by atomic mass is 79.9. The van der Waals surface area contributed by atoms with Crippen LogP contribution in [0.25, 0.3) is 10.9 Å². The van der Waals surface area contributed by atoms with E-state index in [-0.39, 0.29) is 11.7 Å². The third-order valence-electron chi connectivity index (χ3n) is 2.89. The number of carbonyl (C=O) groups excluding carboxylic acids is 2. The minimum atomic E-state index is -0.304. The van der Waals surface area contributed by atoms with Gasteiger partial charge in [-0.1, -0.05) is 22.0 Å². The summed E-state index contributed by atoms with van der Waals surface area (Å²) in [6, 6.07) is 8.67. The molecule has 2 aromatic heterocycles. The molecule has 0 bridgehead atoms. The van der Waals surface area contributed by atoms with E-state index in [1.54, 1.807) is 18.2 Å². The Morgan fingerprint density at radius 3 is 2.79 bits per heavy atom. The van der Waals surface area contributed by atoms with Crippen LogP contribution in [0.2, 0.25) is 0 Å². The first-order chi connectivity index (χ1) is 9.22. The molecule has 0 aliphatic rings. The molecule has 0 atom stereocenters. The summed E-state index contributed by atoms with van der Waals surface area (Å²) < 4.78 is 7.30. The highest BCUT2D eigenvalue weighted by Gasteiger charge is 2.18. The molecule has 0 radical (unpaired) electrons. The molecule has 0 fully saturated rings. The molecular weight excluding hydrogens is 310 g/mol. The molecule has 5 heteroatoms. The van der Waals surface area contributed by atoms with Gasteiger partial charge in [-0.3, -0.25) is 14.2 Å². The van der Waals surface area contributed by atoms with Crippen molar-refractivity contribution in [2.75, 3.05) is 0 Å². The Balaban J connectivity index is 2.28. The van der Waals surface area contributed by atoms with E-state index in [0.717, 1.165) is 16.1 Å². The van der Waals surface area contributed by atoms with Crippen LogP contribution in [0.4, 0.5) is 0 Å². The lowest BCUT2D eigenvalue weighted by Gasteiger charge is -2.01. The Hall–Kier alpha value is -2.14. The smallest absolute Gasteiger partial charge is 0.298 e. The van der Waals surface area contributed by atoms with E-state index in [1.165, 1.54) is 17.0 Å². The molecular formula is C14H8BrNO3. The number of aldehydes is 1. The largest absolute Gasteiger partial charge is 0.459 e. The van der Waals surface area contributed by atoms with Gasteiger partial charge in [0.25, 0.3) is 5.91 Å². The third kappa shape index (κ3) is 1.82. The van der Waals surface area contributed by atoms with E-state index in [2.05, 4.69) is 15.9 Å². The number of nitrogens with zero attached hydrogens (tertiary/aromatic N) is 1. The van der Waals surface area contributed by atoms with Crippen LogP contribution < -0.4 is 0 Å². The van der Waals surface area contributed by atoms with Gasteiger partial charge in [0.15, 0.2) is 12.0 Å². The molecule has 0 aliphatic heterocycles. The van der Waals surface area contributed by atoms with Crippen LogP contribution in [0.1, 0.15) is 20.9 Å². The SMILES string of the molecule is O=Cc1cn(C(=O)c2ccco2)c2cccc(Br)c12. The lowest BCUT2D eigenvalue weighted by Crippen LogP contribution is -2.09. The molecule has 0 unspecified atom stereocenters. The zero-order chi connectivity index (χ0) is 13.4. The molecule has 3 aromatic rings. The van der Waals surface area contributed by atoms with Gasteiger partial charge in [0.05, 0.1) is 11.8 Å². The van der Waals surface area contributed by atoms with Crippen LogP contribution in [0.15, 0.2) is 51.7 Å². The van der Waals surface area contributed by atoms with Gasteiger partial charge in [0, 0.05) is 21.6 Å². The monoisotopic (exact) mass is 317 g/mol. The molecule has 3 rings (SSSR count). The van der Waals surface area contributed by atoms with E-state index in [1.807, 2.05) is 12.1 Å². The first kappa shape index (κ1) is 11.9. The molecule has 19 heavy (non-hydrogen) atoms. The molecule has 0 N–H and O–H groups in total. The maximum absolute atomic E-state index is 12.3. The van der Waals surface area contributed by atoms with Crippen molar-refractivity contribution in [1.82, 2.24) is 4.57 Å². The van der Waals surface area contributed by atoms with Gasteiger partial charge < -0.3 is 4.42 Å². The molecule has 0 amide bonds. The van der Waals surface area contributed by atoms with E-state index in [0.29, 0.717) is 11.1 Å². The summed E-state index contributed by atoms with van der Waals surface area (Å²) in [6.07, 6.45) is 3.70. The summed E-state index contributed by atoms with van der Waals surface area (Å²) in [5, 5.41) is 0.720. The molecule has 0 spiro atoms. The molecule has 0 saturated heterocycles. The molecule has 2 heterocycles. The number of hydrogen-bond acceptors (Lipinski definition) is 3. The van der Waals surface area contributed by atoms with Gasteiger partial charge >= 0.3 is 0 Å². The fourth-order valence-electron chi connectivity index (χ4n) is 2.05. The number of carbonyl (C=O) groups is 2. The molecule has 1 aromatic carbocycles. The topological polar surface area (TPSA) is 52.2 Å². The molecule has 0 saturated carbocycles. The summed E-state index contributed by atoms with van der Waals surface area (Å²) in [4.78, 5) is 23.4. The maximum atomic E-state index is 12.3. The molecule has 94 valence electrons. The van der Waals surface area contributed by atoms with Crippen LogP contribution in [-0.4, -0.2) is 16.8 Å². The Labute approximate surface area is 116 Å². The number of aromatic nitrogens is 1. The standard InChI is InChI=1S/C14H8BrNO3/c15-10-3-1-4-11-13(10)9(8-17)7-16(11)14(18)12-5-2-6-19-12/h1-8H. The highest BCUT2D eigenvalue weighted by molar-refractivity contribution is 9.10. The van der Waals surface area contributed by atoms with Gasteiger partial charge in [-0.2, -0.15) is 0 Å². The second-order valence-electron chi connectivity index (χ2n) is 3.99. The number of furan rings is 1. The Kier molecular flexibility index (Phi) is 2.83. The van der Waals surface area contributed by atoms with Crippen molar-refractivity contribution in [2.24, 2.45) is 0 Å². The van der Waals surface area contributed by atoms with Gasteiger partial charge in [0.1, 0.15) is 0 Å². The first-order valence-corrected chi connectivity index (χ1v) is 6.34. The second kappa shape index (κ2) is 4.51. The van der Waals surface area contributed by atoms with Crippen LogP contribution >= 0.6 is 15.9 Å². The van der Waals surface area contributed by atoms with Gasteiger partial charge in [-0.25, -0.2) is 0 Å². The Morgan fingerprint density at radius 1 is 1.26 bits per heavy atom. The number of rotatable bonds is 2. The van der Waals surface area contributed by atoms with E-state index >= 15 is 0 Å². The summed E-state index contributed by atoms with van der Waals surface area (Å²) in [6.45, 7) is 0. The second-order valence-corrected chi connectivity index (χ2v) is 4.84. The van der Waals surface area contributed by atoms with Crippen molar-refractivity contribution >= 4 is 39.0 Å². The summed E-state index contributed by atoms with van der Waals surface area (Å²) in [5.74, 6) is -0.0736. The van der Waals surface area contributed by atoms with Crippen molar-refractivity contribution in [3.63, 3.8) is 0 Å². The maximum Gasteiger partial charge on any atom is 0.298 e. The fraction of sp³-hybridized carbons (Fsp3) is 0. The van der Waals surface area contributed by atoms with Crippen LogP contribution in [0, 0.1) is 0 Å². The van der Waals surface area contributed by atoms with E-state index in [9.17, 15) is 9.59 Å². The highest BCUT2D eigenvalue weighted by Crippen LogP contribution is 2.28. The number of hydrogen-bond donors (Lipinski definition) is 0. The zero-order valence-corrected chi connectivity index (χ0v) is 11.3. The number of halogens is 1. The Morgan fingerprint density at radius 2 is 2.11 bits per heavy atom. The van der Waals surface area contributed by atoms with Crippen molar-refractivity contribution < 1.29 is 14.0 Å². The third-order valence-corrected chi connectivity index (χ3v) is 3.55. The van der Waals surface area contributed by atoms with E-state index < -0.39 is 0 Å². The molecule has 4 nitrogen and oxygen atoms in total. The normalized spacial score (nSPS) is 10.8. The predicted molar refractivity (Wildman–Crippen MR) is 73.5 cm³/mol.